The average Bonchev–Trinajstić information content (AvgIpc) is 3.04. The molecule has 1 amide bonds. The van der Waals surface area contributed by atoms with Gasteiger partial charge in [-0.1, -0.05) is 18.2 Å². The Kier molecular flexibility index (Phi) is 6.29. The Bertz CT molecular complexity index is 869. The number of carbonyl (C=O) groups is 2. The fraction of sp³-hybridized carbons (Fsp3) is 0.333. The summed E-state index contributed by atoms with van der Waals surface area (Å²) in [5.41, 5.74) is 2.36. The molecule has 1 aromatic heterocycles. The highest BCUT2D eigenvalue weighted by molar-refractivity contribution is 7.17. The van der Waals surface area contributed by atoms with Gasteiger partial charge in [0.15, 0.2) is 0 Å². The Morgan fingerprint density at radius 3 is 2.78 bits per heavy atom. The summed E-state index contributed by atoms with van der Waals surface area (Å²) in [6, 6.07) is 7.53. The lowest BCUT2D eigenvalue weighted by Gasteiger charge is -2.11. The number of para-hydroxylation sites is 1. The van der Waals surface area contributed by atoms with Crippen molar-refractivity contribution >= 4 is 34.3 Å². The molecule has 0 saturated heterocycles. The molecule has 142 valence electrons. The minimum absolute atomic E-state index is 0.287. The highest BCUT2D eigenvalue weighted by Gasteiger charge is 2.26. The van der Waals surface area contributed by atoms with Crippen molar-refractivity contribution in [1.82, 2.24) is 0 Å². The van der Waals surface area contributed by atoms with Crippen LogP contribution in [0.25, 0.3) is 6.08 Å². The maximum absolute atomic E-state index is 12.4. The fourth-order valence-electron chi connectivity index (χ4n) is 3.20. The van der Waals surface area contributed by atoms with Gasteiger partial charge in [0.05, 0.1) is 19.3 Å². The molecule has 1 N–H and O–H groups in total. The van der Waals surface area contributed by atoms with Gasteiger partial charge in [0, 0.05) is 16.5 Å². The maximum Gasteiger partial charge on any atom is 0.341 e. The number of anilines is 1. The Balaban J connectivity index is 1.80. The molecule has 1 aliphatic carbocycles. The van der Waals surface area contributed by atoms with E-state index in [0.29, 0.717) is 17.2 Å². The second kappa shape index (κ2) is 8.86. The van der Waals surface area contributed by atoms with E-state index < -0.39 is 5.97 Å². The lowest BCUT2D eigenvalue weighted by atomic mass is 9.95. The molecule has 5 nitrogen and oxygen atoms in total. The molecule has 0 aliphatic heterocycles. The summed E-state index contributed by atoms with van der Waals surface area (Å²) in [6.45, 7) is 2.47. The third kappa shape index (κ3) is 4.39. The number of fused-ring (bicyclic) bond motifs is 1. The van der Waals surface area contributed by atoms with E-state index in [9.17, 15) is 9.59 Å². The second-order valence-electron chi connectivity index (χ2n) is 6.20. The molecule has 27 heavy (non-hydrogen) atoms. The molecule has 0 saturated carbocycles. The normalized spacial score (nSPS) is 13.3. The van der Waals surface area contributed by atoms with Gasteiger partial charge >= 0.3 is 5.97 Å². The van der Waals surface area contributed by atoms with Crippen molar-refractivity contribution < 1.29 is 19.1 Å². The van der Waals surface area contributed by atoms with E-state index in [2.05, 4.69) is 5.32 Å². The first kappa shape index (κ1) is 19.2. The summed E-state index contributed by atoms with van der Waals surface area (Å²) in [4.78, 5) is 25.9. The van der Waals surface area contributed by atoms with Gasteiger partial charge in [0.25, 0.3) is 0 Å². The highest BCUT2D eigenvalue weighted by Crippen LogP contribution is 2.38. The SMILES string of the molecule is CCOc1ccccc1/C=C/C(=O)Nc1sc2c(c1C(=O)OC)CCCC2. The van der Waals surface area contributed by atoms with Crippen LogP contribution in [0.3, 0.4) is 0 Å². The van der Waals surface area contributed by atoms with E-state index in [1.165, 1.54) is 29.4 Å². The van der Waals surface area contributed by atoms with Crippen LogP contribution in [0.4, 0.5) is 5.00 Å². The third-order valence-corrected chi connectivity index (χ3v) is 5.64. The number of nitrogens with one attached hydrogen (secondary N) is 1. The number of esters is 1. The molecular formula is C21H23NO4S. The molecule has 0 spiro atoms. The largest absolute Gasteiger partial charge is 0.493 e. The number of ether oxygens (including phenoxy) is 2. The number of benzene rings is 1. The molecule has 0 atom stereocenters. The first-order chi connectivity index (χ1) is 13.1. The van der Waals surface area contributed by atoms with Crippen LogP contribution < -0.4 is 10.1 Å². The van der Waals surface area contributed by atoms with Crippen molar-refractivity contribution in [1.29, 1.82) is 0 Å². The summed E-state index contributed by atoms with van der Waals surface area (Å²) in [5.74, 6) is 0.0475. The Morgan fingerprint density at radius 2 is 2.00 bits per heavy atom. The summed E-state index contributed by atoms with van der Waals surface area (Å²) in [7, 11) is 1.37. The van der Waals surface area contributed by atoms with Crippen LogP contribution in [-0.2, 0) is 22.4 Å². The van der Waals surface area contributed by atoms with E-state index >= 15 is 0 Å². The van der Waals surface area contributed by atoms with Gasteiger partial charge < -0.3 is 14.8 Å². The number of methoxy groups -OCH3 is 1. The van der Waals surface area contributed by atoms with E-state index in [1.54, 1.807) is 6.08 Å². The van der Waals surface area contributed by atoms with Gasteiger partial charge in [-0.2, -0.15) is 0 Å². The van der Waals surface area contributed by atoms with Gasteiger partial charge in [-0.25, -0.2) is 4.79 Å². The third-order valence-electron chi connectivity index (χ3n) is 4.43. The van der Waals surface area contributed by atoms with Crippen LogP contribution in [0.5, 0.6) is 5.75 Å². The van der Waals surface area contributed by atoms with Crippen molar-refractivity contribution in [3.63, 3.8) is 0 Å². The molecule has 0 bridgehead atoms. The van der Waals surface area contributed by atoms with Gasteiger partial charge in [0.1, 0.15) is 10.8 Å². The van der Waals surface area contributed by atoms with E-state index in [1.807, 2.05) is 31.2 Å². The van der Waals surface area contributed by atoms with Crippen LogP contribution in [0, 0.1) is 0 Å². The van der Waals surface area contributed by atoms with E-state index in [4.69, 9.17) is 9.47 Å². The standard InChI is InChI=1S/C21H23NO4S/c1-3-26-16-10-6-4-8-14(16)12-13-18(23)22-20-19(21(24)25-2)15-9-5-7-11-17(15)27-20/h4,6,8,10,12-13H,3,5,7,9,11H2,1-2H3,(H,22,23)/b13-12+. The molecule has 1 aliphatic rings. The van der Waals surface area contributed by atoms with Gasteiger partial charge in [-0.05, 0) is 50.3 Å². The van der Waals surface area contributed by atoms with E-state index in [0.717, 1.165) is 42.6 Å². The lowest BCUT2D eigenvalue weighted by Crippen LogP contribution is -2.13. The number of thiophene rings is 1. The van der Waals surface area contributed by atoms with Crippen molar-refractivity contribution in [3.05, 3.63) is 51.9 Å². The van der Waals surface area contributed by atoms with Gasteiger partial charge in [-0.15, -0.1) is 11.3 Å². The molecule has 2 aromatic rings. The van der Waals surface area contributed by atoms with E-state index in [-0.39, 0.29) is 5.91 Å². The van der Waals surface area contributed by atoms with Crippen molar-refractivity contribution in [2.24, 2.45) is 0 Å². The minimum atomic E-state index is -0.393. The fourth-order valence-corrected chi connectivity index (χ4v) is 4.48. The molecular weight excluding hydrogens is 362 g/mol. The summed E-state index contributed by atoms with van der Waals surface area (Å²) in [6.07, 6.45) is 7.12. The predicted octanol–water partition coefficient (Wildman–Crippen LogP) is 4.46. The molecule has 3 rings (SSSR count). The van der Waals surface area contributed by atoms with Gasteiger partial charge in [-0.3, -0.25) is 4.79 Å². The van der Waals surface area contributed by atoms with Crippen LogP contribution >= 0.6 is 11.3 Å². The summed E-state index contributed by atoms with van der Waals surface area (Å²) < 4.78 is 10.5. The van der Waals surface area contributed by atoms with Gasteiger partial charge in [0.2, 0.25) is 5.91 Å². The highest BCUT2D eigenvalue weighted by atomic mass is 32.1. The zero-order chi connectivity index (χ0) is 19.2. The number of hydrogen-bond donors (Lipinski definition) is 1. The maximum atomic E-state index is 12.4. The first-order valence-electron chi connectivity index (χ1n) is 9.07. The van der Waals surface area contributed by atoms with Crippen LogP contribution in [0.15, 0.2) is 30.3 Å². The van der Waals surface area contributed by atoms with Crippen molar-refractivity contribution in [2.75, 3.05) is 19.0 Å². The smallest absolute Gasteiger partial charge is 0.341 e. The molecule has 1 heterocycles. The number of aryl methyl sites for hydroxylation is 1. The number of amides is 1. The summed E-state index contributed by atoms with van der Waals surface area (Å²) >= 11 is 1.48. The summed E-state index contributed by atoms with van der Waals surface area (Å²) in [5, 5.41) is 3.43. The molecule has 1 aromatic carbocycles. The lowest BCUT2D eigenvalue weighted by molar-refractivity contribution is -0.111. The monoisotopic (exact) mass is 385 g/mol. The Morgan fingerprint density at radius 1 is 1.22 bits per heavy atom. The quantitative estimate of drug-likeness (QED) is 0.589. The number of hydrogen-bond acceptors (Lipinski definition) is 5. The molecule has 0 fully saturated rings. The zero-order valence-electron chi connectivity index (χ0n) is 15.5. The average molecular weight is 385 g/mol. The Labute approximate surface area is 163 Å². The van der Waals surface area contributed by atoms with Crippen LogP contribution in [0.1, 0.15) is 46.1 Å². The Hall–Kier alpha value is -2.60. The van der Waals surface area contributed by atoms with Crippen molar-refractivity contribution in [3.8, 4) is 5.75 Å². The second-order valence-corrected chi connectivity index (χ2v) is 7.31. The van der Waals surface area contributed by atoms with Crippen LogP contribution in [0.2, 0.25) is 0 Å². The topological polar surface area (TPSA) is 64.6 Å². The van der Waals surface area contributed by atoms with Crippen molar-refractivity contribution in [2.45, 2.75) is 32.6 Å². The minimum Gasteiger partial charge on any atom is -0.493 e. The molecule has 0 unspecified atom stereocenters. The number of rotatable bonds is 6. The number of carbonyl (C=O) groups excluding carboxylic acids is 2. The predicted molar refractivity (Wildman–Crippen MR) is 108 cm³/mol. The molecule has 6 heteroatoms. The zero-order valence-corrected chi connectivity index (χ0v) is 16.4. The van der Waals surface area contributed by atoms with Crippen LogP contribution in [-0.4, -0.2) is 25.6 Å². The molecule has 0 radical (unpaired) electrons. The first-order valence-corrected chi connectivity index (χ1v) is 9.89.